The molecule has 1 atom stereocenters. The highest BCUT2D eigenvalue weighted by atomic mass is 16.5. The Balaban J connectivity index is 1.88. The van der Waals surface area contributed by atoms with Gasteiger partial charge in [0.05, 0.1) is 13.2 Å². The van der Waals surface area contributed by atoms with Crippen molar-refractivity contribution in [3.63, 3.8) is 0 Å². The molecule has 1 N–H and O–H groups in total. The molecule has 0 bridgehead atoms. The number of piperazine rings is 1. The van der Waals surface area contributed by atoms with Crippen LogP contribution in [0, 0.1) is 0 Å². The van der Waals surface area contributed by atoms with Crippen LogP contribution in [0.2, 0.25) is 0 Å². The van der Waals surface area contributed by atoms with Crippen molar-refractivity contribution in [2.24, 2.45) is 0 Å². The lowest BCUT2D eigenvalue weighted by Gasteiger charge is -2.36. The summed E-state index contributed by atoms with van der Waals surface area (Å²) in [6.07, 6.45) is -0.238. The number of ether oxygens (including phenoxy) is 1. The Morgan fingerprint density at radius 3 is 2.28 bits per heavy atom. The Hall–Kier alpha value is -1.26. The summed E-state index contributed by atoms with van der Waals surface area (Å²) in [5.74, 6) is 0.895. The number of rotatable bonds is 4. The molecular formula is C14H22N2O2. The monoisotopic (exact) mass is 250 g/mol. The summed E-state index contributed by atoms with van der Waals surface area (Å²) in [5, 5.41) is 9.38. The first-order chi connectivity index (χ1) is 8.69. The van der Waals surface area contributed by atoms with Gasteiger partial charge in [-0.15, -0.1) is 0 Å². The Labute approximate surface area is 109 Å². The van der Waals surface area contributed by atoms with Gasteiger partial charge in [-0.25, -0.2) is 0 Å². The number of hydrogen-bond acceptors (Lipinski definition) is 4. The fourth-order valence-electron chi connectivity index (χ4n) is 2.36. The van der Waals surface area contributed by atoms with E-state index >= 15 is 0 Å². The third kappa shape index (κ3) is 3.37. The quantitative estimate of drug-likeness (QED) is 0.871. The molecule has 0 aliphatic carbocycles. The summed E-state index contributed by atoms with van der Waals surface area (Å²) in [7, 11) is 1.68. The number of β-amino-alcohol motifs (C(OH)–C–C–N with tert-alkyl or cyclic N) is 1. The minimum absolute atomic E-state index is 0.238. The normalized spacial score (nSPS) is 18.7. The molecule has 1 fully saturated rings. The van der Waals surface area contributed by atoms with Gasteiger partial charge in [0.15, 0.2) is 0 Å². The molecule has 18 heavy (non-hydrogen) atoms. The zero-order valence-electron chi connectivity index (χ0n) is 11.2. The van der Waals surface area contributed by atoms with Crippen molar-refractivity contribution in [2.75, 3.05) is 44.7 Å². The number of aliphatic hydroxyl groups excluding tert-OH is 1. The highest BCUT2D eigenvalue weighted by Gasteiger charge is 2.17. The van der Waals surface area contributed by atoms with Crippen LogP contribution in [0.15, 0.2) is 24.3 Å². The van der Waals surface area contributed by atoms with Crippen molar-refractivity contribution in [3.05, 3.63) is 24.3 Å². The Bertz CT molecular complexity index is 357. The van der Waals surface area contributed by atoms with E-state index in [1.165, 1.54) is 5.69 Å². The predicted molar refractivity (Wildman–Crippen MR) is 73.3 cm³/mol. The molecule has 4 heteroatoms. The van der Waals surface area contributed by atoms with E-state index in [0.29, 0.717) is 0 Å². The zero-order valence-corrected chi connectivity index (χ0v) is 11.2. The summed E-state index contributed by atoms with van der Waals surface area (Å²) < 4.78 is 5.16. The molecule has 100 valence electrons. The highest BCUT2D eigenvalue weighted by molar-refractivity contribution is 5.49. The molecule has 2 rings (SSSR count). The summed E-state index contributed by atoms with van der Waals surface area (Å²) in [5.41, 5.74) is 1.24. The summed E-state index contributed by atoms with van der Waals surface area (Å²) in [4.78, 5) is 4.68. The molecule has 0 amide bonds. The third-order valence-electron chi connectivity index (χ3n) is 3.33. The van der Waals surface area contributed by atoms with Gasteiger partial charge in [0.2, 0.25) is 0 Å². The van der Waals surface area contributed by atoms with Gasteiger partial charge in [0.25, 0.3) is 0 Å². The zero-order chi connectivity index (χ0) is 13.0. The Morgan fingerprint density at radius 1 is 1.17 bits per heavy atom. The minimum atomic E-state index is -0.238. The maximum atomic E-state index is 9.38. The lowest BCUT2D eigenvalue weighted by molar-refractivity contribution is 0.122. The highest BCUT2D eigenvalue weighted by Crippen LogP contribution is 2.20. The van der Waals surface area contributed by atoms with Gasteiger partial charge in [0.1, 0.15) is 5.75 Å². The molecule has 1 unspecified atom stereocenters. The smallest absolute Gasteiger partial charge is 0.119 e. The van der Waals surface area contributed by atoms with E-state index in [4.69, 9.17) is 4.74 Å². The molecule has 1 aromatic rings. The first-order valence-electron chi connectivity index (χ1n) is 6.48. The predicted octanol–water partition coefficient (Wildman–Crippen LogP) is 1.20. The molecule has 0 saturated carbocycles. The number of anilines is 1. The van der Waals surface area contributed by atoms with Gasteiger partial charge in [-0.1, -0.05) is 0 Å². The second-order valence-electron chi connectivity index (χ2n) is 4.83. The van der Waals surface area contributed by atoms with Gasteiger partial charge in [0, 0.05) is 38.4 Å². The lowest BCUT2D eigenvalue weighted by atomic mass is 10.2. The van der Waals surface area contributed by atoms with E-state index < -0.39 is 0 Å². The summed E-state index contributed by atoms with van der Waals surface area (Å²) in [6, 6.07) is 8.20. The average Bonchev–Trinajstić information content (AvgIpc) is 2.39. The molecule has 1 saturated heterocycles. The van der Waals surface area contributed by atoms with Crippen LogP contribution >= 0.6 is 0 Å². The second-order valence-corrected chi connectivity index (χ2v) is 4.83. The van der Waals surface area contributed by atoms with E-state index in [-0.39, 0.29) is 6.10 Å². The van der Waals surface area contributed by atoms with E-state index in [9.17, 15) is 5.11 Å². The van der Waals surface area contributed by atoms with E-state index in [2.05, 4.69) is 21.9 Å². The average molecular weight is 250 g/mol. The van der Waals surface area contributed by atoms with Crippen molar-refractivity contribution in [3.8, 4) is 5.75 Å². The van der Waals surface area contributed by atoms with Crippen LogP contribution in [0.1, 0.15) is 6.92 Å². The summed E-state index contributed by atoms with van der Waals surface area (Å²) in [6.45, 7) is 6.66. The third-order valence-corrected chi connectivity index (χ3v) is 3.33. The number of aliphatic hydroxyl groups is 1. The van der Waals surface area contributed by atoms with Crippen LogP contribution in [0.25, 0.3) is 0 Å². The second kappa shape index (κ2) is 6.07. The lowest BCUT2D eigenvalue weighted by Crippen LogP contribution is -2.48. The first kappa shape index (κ1) is 13.2. The van der Waals surface area contributed by atoms with Gasteiger partial charge in [-0.3, -0.25) is 4.90 Å². The van der Waals surface area contributed by atoms with Gasteiger partial charge >= 0.3 is 0 Å². The minimum Gasteiger partial charge on any atom is -0.497 e. The Kier molecular flexibility index (Phi) is 4.44. The van der Waals surface area contributed by atoms with E-state index in [0.717, 1.165) is 38.5 Å². The molecule has 1 aliphatic rings. The molecule has 0 radical (unpaired) electrons. The van der Waals surface area contributed by atoms with Crippen molar-refractivity contribution < 1.29 is 9.84 Å². The fraction of sp³-hybridized carbons (Fsp3) is 0.571. The van der Waals surface area contributed by atoms with Crippen LogP contribution in [0.4, 0.5) is 5.69 Å². The van der Waals surface area contributed by atoms with Crippen molar-refractivity contribution in [1.82, 2.24) is 4.90 Å². The standard InChI is InChI=1S/C14H22N2O2/c1-12(17)11-15-7-9-16(10-8-15)13-3-5-14(18-2)6-4-13/h3-6,12,17H,7-11H2,1-2H3. The van der Waals surface area contributed by atoms with E-state index in [1.54, 1.807) is 7.11 Å². The van der Waals surface area contributed by atoms with Gasteiger partial charge < -0.3 is 14.7 Å². The Morgan fingerprint density at radius 2 is 1.78 bits per heavy atom. The van der Waals surface area contributed by atoms with Crippen LogP contribution in [0.5, 0.6) is 5.75 Å². The number of nitrogens with zero attached hydrogens (tertiary/aromatic N) is 2. The number of methoxy groups -OCH3 is 1. The van der Waals surface area contributed by atoms with Crippen LogP contribution in [0.3, 0.4) is 0 Å². The molecule has 1 aliphatic heterocycles. The van der Waals surface area contributed by atoms with Crippen LogP contribution in [-0.4, -0.2) is 55.9 Å². The fourth-order valence-corrected chi connectivity index (χ4v) is 2.36. The molecule has 1 aromatic carbocycles. The van der Waals surface area contributed by atoms with Crippen molar-refractivity contribution in [2.45, 2.75) is 13.0 Å². The summed E-state index contributed by atoms with van der Waals surface area (Å²) >= 11 is 0. The van der Waals surface area contributed by atoms with Gasteiger partial charge in [-0.05, 0) is 31.2 Å². The maximum absolute atomic E-state index is 9.38. The van der Waals surface area contributed by atoms with Crippen LogP contribution in [-0.2, 0) is 0 Å². The number of hydrogen-bond donors (Lipinski definition) is 1. The van der Waals surface area contributed by atoms with Gasteiger partial charge in [-0.2, -0.15) is 0 Å². The molecule has 0 aromatic heterocycles. The first-order valence-corrected chi connectivity index (χ1v) is 6.48. The topological polar surface area (TPSA) is 35.9 Å². The molecule has 4 nitrogen and oxygen atoms in total. The van der Waals surface area contributed by atoms with E-state index in [1.807, 2.05) is 19.1 Å². The molecule has 0 spiro atoms. The van der Waals surface area contributed by atoms with Crippen LogP contribution < -0.4 is 9.64 Å². The number of benzene rings is 1. The molecular weight excluding hydrogens is 228 g/mol. The largest absolute Gasteiger partial charge is 0.497 e. The van der Waals surface area contributed by atoms with Crippen molar-refractivity contribution in [1.29, 1.82) is 0 Å². The SMILES string of the molecule is COc1ccc(N2CCN(CC(C)O)CC2)cc1. The van der Waals surface area contributed by atoms with Crippen molar-refractivity contribution >= 4 is 5.69 Å². The molecule has 1 heterocycles. The maximum Gasteiger partial charge on any atom is 0.119 e.